The van der Waals surface area contributed by atoms with Crippen molar-refractivity contribution in [2.24, 2.45) is 0 Å². The van der Waals surface area contributed by atoms with Crippen molar-refractivity contribution in [1.82, 2.24) is 4.90 Å². The molecule has 1 aromatic rings. The molecule has 0 atom stereocenters. The standard InChI is InChI=1S/C16H21NO3/c18-14-4-3-12-5-8-17(11-13(12)9-14)15(19)10-16(20)6-1-2-7-16/h3-4,9,18,20H,1-2,5-8,10-11H2. The normalized spacial score (nSPS) is 20.8. The van der Waals surface area contributed by atoms with Crippen LogP contribution in [0.5, 0.6) is 5.75 Å². The highest BCUT2D eigenvalue weighted by Gasteiger charge is 2.35. The van der Waals surface area contributed by atoms with Crippen LogP contribution in [0.4, 0.5) is 0 Å². The summed E-state index contributed by atoms with van der Waals surface area (Å²) in [6, 6.07) is 5.35. The summed E-state index contributed by atoms with van der Waals surface area (Å²) < 4.78 is 0. The first-order valence-electron chi connectivity index (χ1n) is 7.37. The maximum Gasteiger partial charge on any atom is 0.225 e. The van der Waals surface area contributed by atoms with Crippen LogP contribution in [-0.2, 0) is 17.8 Å². The van der Waals surface area contributed by atoms with E-state index in [-0.39, 0.29) is 18.1 Å². The molecule has 2 N–H and O–H groups in total. The fourth-order valence-corrected chi connectivity index (χ4v) is 3.36. The van der Waals surface area contributed by atoms with Crippen molar-refractivity contribution in [3.8, 4) is 5.75 Å². The number of nitrogens with zero attached hydrogens (tertiary/aromatic N) is 1. The topological polar surface area (TPSA) is 60.8 Å². The second kappa shape index (κ2) is 5.09. The average Bonchev–Trinajstić information content (AvgIpc) is 2.84. The molecule has 1 saturated carbocycles. The third-order valence-electron chi connectivity index (χ3n) is 4.57. The number of fused-ring (bicyclic) bond motifs is 1. The fourth-order valence-electron chi connectivity index (χ4n) is 3.36. The molecule has 0 aromatic heterocycles. The number of aliphatic hydroxyl groups is 1. The van der Waals surface area contributed by atoms with E-state index in [0.717, 1.165) is 37.7 Å². The molecule has 0 unspecified atom stereocenters. The number of carbonyl (C=O) groups excluding carboxylic acids is 1. The van der Waals surface area contributed by atoms with E-state index in [1.165, 1.54) is 5.56 Å². The maximum atomic E-state index is 12.4. The molecule has 0 bridgehead atoms. The van der Waals surface area contributed by atoms with Crippen molar-refractivity contribution < 1.29 is 15.0 Å². The molecular formula is C16H21NO3. The summed E-state index contributed by atoms with van der Waals surface area (Å²) in [7, 11) is 0. The van der Waals surface area contributed by atoms with E-state index in [0.29, 0.717) is 13.1 Å². The first-order chi connectivity index (χ1) is 9.56. The van der Waals surface area contributed by atoms with Crippen LogP contribution in [0.2, 0.25) is 0 Å². The number of carbonyl (C=O) groups is 1. The van der Waals surface area contributed by atoms with Crippen LogP contribution in [0.25, 0.3) is 0 Å². The zero-order chi connectivity index (χ0) is 14.2. The van der Waals surface area contributed by atoms with Gasteiger partial charge in [0.2, 0.25) is 5.91 Å². The second-order valence-electron chi connectivity index (χ2n) is 6.13. The quantitative estimate of drug-likeness (QED) is 0.867. The minimum atomic E-state index is -0.782. The number of phenolic OH excluding ortho intramolecular Hbond substituents is 1. The van der Waals surface area contributed by atoms with Crippen LogP contribution in [0.15, 0.2) is 18.2 Å². The Morgan fingerprint density at radius 1 is 1.25 bits per heavy atom. The Kier molecular flexibility index (Phi) is 3.42. The minimum Gasteiger partial charge on any atom is -0.508 e. The Labute approximate surface area is 119 Å². The molecule has 1 amide bonds. The SMILES string of the molecule is O=C(CC1(O)CCCC1)N1CCc2ccc(O)cc2C1. The summed E-state index contributed by atoms with van der Waals surface area (Å²) in [5, 5.41) is 19.9. The van der Waals surface area contributed by atoms with E-state index in [9.17, 15) is 15.0 Å². The van der Waals surface area contributed by atoms with Crippen LogP contribution in [-0.4, -0.2) is 33.2 Å². The summed E-state index contributed by atoms with van der Waals surface area (Å²) in [5.74, 6) is 0.274. The molecule has 3 rings (SSSR count). The number of aromatic hydroxyl groups is 1. The summed E-state index contributed by atoms with van der Waals surface area (Å²) in [5.41, 5.74) is 1.44. The molecule has 20 heavy (non-hydrogen) atoms. The van der Waals surface area contributed by atoms with E-state index in [1.807, 2.05) is 6.07 Å². The summed E-state index contributed by atoms with van der Waals surface area (Å²) >= 11 is 0. The van der Waals surface area contributed by atoms with Gasteiger partial charge in [-0.3, -0.25) is 4.79 Å². The summed E-state index contributed by atoms with van der Waals surface area (Å²) in [6.45, 7) is 1.24. The van der Waals surface area contributed by atoms with E-state index in [2.05, 4.69) is 0 Å². The van der Waals surface area contributed by atoms with Gasteiger partial charge in [-0.05, 0) is 42.5 Å². The smallest absolute Gasteiger partial charge is 0.225 e. The molecule has 1 heterocycles. The third kappa shape index (κ3) is 2.66. The number of benzene rings is 1. The van der Waals surface area contributed by atoms with Crippen molar-refractivity contribution >= 4 is 5.91 Å². The van der Waals surface area contributed by atoms with Crippen molar-refractivity contribution in [1.29, 1.82) is 0 Å². The molecule has 0 saturated heterocycles. The first kappa shape index (κ1) is 13.4. The highest BCUT2D eigenvalue weighted by atomic mass is 16.3. The van der Waals surface area contributed by atoms with Crippen molar-refractivity contribution in [2.45, 2.75) is 50.7 Å². The fraction of sp³-hybridized carbons (Fsp3) is 0.562. The second-order valence-corrected chi connectivity index (χ2v) is 6.13. The number of hydrogen-bond donors (Lipinski definition) is 2. The molecule has 1 aromatic carbocycles. The van der Waals surface area contributed by atoms with E-state index in [1.54, 1.807) is 17.0 Å². The Balaban J connectivity index is 1.68. The minimum absolute atomic E-state index is 0.0309. The zero-order valence-corrected chi connectivity index (χ0v) is 11.6. The van der Waals surface area contributed by atoms with Crippen molar-refractivity contribution in [2.75, 3.05) is 6.54 Å². The van der Waals surface area contributed by atoms with Crippen LogP contribution >= 0.6 is 0 Å². The Bertz CT molecular complexity index is 520. The molecule has 2 aliphatic rings. The van der Waals surface area contributed by atoms with Crippen LogP contribution < -0.4 is 0 Å². The average molecular weight is 275 g/mol. The van der Waals surface area contributed by atoms with Gasteiger partial charge < -0.3 is 15.1 Å². The monoisotopic (exact) mass is 275 g/mol. The molecule has 0 radical (unpaired) electrons. The van der Waals surface area contributed by atoms with Gasteiger partial charge >= 0.3 is 0 Å². The predicted octanol–water partition coefficient (Wildman–Crippen LogP) is 1.97. The van der Waals surface area contributed by atoms with Crippen LogP contribution in [0, 0.1) is 0 Å². The molecule has 4 heteroatoms. The van der Waals surface area contributed by atoms with Gasteiger partial charge in [-0.1, -0.05) is 18.9 Å². The number of hydrogen-bond acceptors (Lipinski definition) is 3. The van der Waals surface area contributed by atoms with Crippen molar-refractivity contribution in [3.63, 3.8) is 0 Å². The molecule has 1 aliphatic carbocycles. The predicted molar refractivity (Wildman–Crippen MR) is 75.3 cm³/mol. The molecule has 1 aliphatic heterocycles. The summed E-state index contributed by atoms with van der Waals surface area (Å²) in [4.78, 5) is 14.2. The lowest BCUT2D eigenvalue weighted by atomic mass is 9.95. The van der Waals surface area contributed by atoms with Gasteiger partial charge in [0.25, 0.3) is 0 Å². The molecule has 1 fully saturated rings. The van der Waals surface area contributed by atoms with Gasteiger partial charge in [0.15, 0.2) is 0 Å². The molecule has 108 valence electrons. The summed E-state index contributed by atoms with van der Waals surface area (Å²) in [6.07, 6.45) is 4.57. The lowest BCUT2D eigenvalue weighted by Crippen LogP contribution is -2.40. The van der Waals surface area contributed by atoms with Gasteiger partial charge in [0, 0.05) is 13.1 Å². The lowest BCUT2D eigenvalue weighted by molar-refractivity contribution is -0.137. The van der Waals surface area contributed by atoms with Gasteiger partial charge in [-0.25, -0.2) is 0 Å². The zero-order valence-electron chi connectivity index (χ0n) is 11.6. The van der Waals surface area contributed by atoms with Crippen LogP contribution in [0.3, 0.4) is 0 Å². The Morgan fingerprint density at radius 3 is 2.75 bits per heavy atom. The van der Waals surface area contributed by atoms with Gasteiger partial charge in [-0.2, -0.15) is 0 Å². The van der Waals surface area contributed by atoms with Gasteiger partial charge in [-0.15, -0.1) is 0 Å². The van der Waals surface area contributed by atoms with Crippen LogP contribution in [0.1, 0.15) is 43.2 Å². The molecule has 4 nitrogen and oxygen atoms in total. The van der Waals surface area contributed by atoms with Gasteiger partial charge in [0.1, 0.15) is 5.75 Å². The largest absolute Gasteiger partial charge is 0.508 e. The lowest BCUT2D eigenvalue weighted by Gasteiger charge is -2.31. The van der Waals surface area contributed by atoms with E-state index < -0.39 is 5.60 Å². The molecule has 0 spiro atoms. The number of phenols is 1. The third-order valence-corrected chi connectivity index (χ3v) is 4.57. The maximum absolute atomic E-state index is 12.4. The number of rotatable bonds is 2. The highest BCUT2D eigenvalue weighted by Crippen LogP contribution is 2.33. The Morgan fingerprint density at radius 2 is 2.00 bits per heavy atom. The van der Waals surface area contributed by atoms with Crippen molar-refractivity contribution in [3.05, 3.63) is 29.3 Å². The molecular weight excluding hydrogens is 254 g/mol. The van der Waals surface area contributed by atoms with E-state index in [4.69, 9.17) is 0 Å². The van der Waals surface area contributed by atoms with E-state index >= 15 is 0 Å². The highest BCUT2D eigenvalue weighted by molar-refractivity contribution is 5.77. The van der Waals surface area contributed by atoms with Gasteiger partial charge in [0.05, 0.1) is 12.0 Å². The first-order valence-corrected chi connectivity index (χ1v) is 7.37. The number of amides is 1. The Hall–Kier alpha value is -1.55.